The number of rotatable bonds is 8. The van der Waals surface area contributed by atoms with Gasteiger partial charge in [0, 0.05) is 29.7 Å². The minimum Gasteiger partial charge on any atom is -0.420 e. The SMILES string of the molecule is CC(C)(c1cc(Cl)c(OC(=O)c2ccc(N3C(=O)C=CC3=O)cc2)c(Cl)c1)c1cc(Cl)c(OC(=O)c2ccc(N3C(=O)C=CC3=O)cc2)c(Cl)c1. The van der Waals surface area contributed by atoms with E-state index in [1.807, 2.05) is 13.8 Å². The maximum Gasteiger partial charge on any atom is 0.343 e. The van der Waals surface area contributed by atoms with Crippen LogP contribution in [0, 0.1) is 0 Å². The summed E-state index contributed by atoms with van der Waals surface area (Å²) in [4.78, 5) is 75.6. The largest absolute Gasteiger partial charge is 0.420 e. The van der Waals surface area contributed by atoms with Gasteiger partial charge >= 0.3 is 11.9 Å². The normalized spacial score (nSPS) is 14.2. The fourth-order valence-corrected chi connectivity index (χ4v) is 6.44. The second-order valence-corrected chi connectivity index (χ2v) is 13.4. The minimum atomic E-state index is -0.824. The maximum atomic E-state index is 13.0. The van der Waals surface area contributed by atoms with E-state index >= 15 is 0 Å². The van der Waals surface area contributed by atoms with Gasteiger partial charge in [-0.3, -0.25) is 19.2 Å². The van der Waals surface area contributed by atoms with E-state index in [0.717, 1.165) is 34.1 Å². The highest BCUT2D eigenvalue weighted by Gasteiger charge is 2.30. The lowest BCUT2D eigenvalue weighted by Crippen LogP contribution is -2.29. The van der Waals surface area contributed by atoms with Gasteiger partial charge in [0.25, 0.3) is 23.6 Å². The average Bonchev–Trinajstić information content (AvgIpc) is 3.62. The molecular formula is C37H22Cl4N2O8. The summed E-state index contributed by atoms with van der Waals surface area (Å²) >= 11 is 26.3. The van der Waals surface area contributed by atoms with Crippen molar-refractivity contribution in [2.45, 2.75) is 19.3 Å². The highest BCUT2D eigenvalue weighted by molar-refractivity contribution is 6.38. The lowest BCUT2D eigenvalue weighted by molar-refractivity contribution is -0.121. The summed E-state index contributed by atoms with van der Waals surface area (Å²) in [7, 11) is 0. The number of halogens is 4. The van der Waals surface area contributed by atoms with Crippen LogP contribution in [0.15, 0.2) is 97.1 Å². The number of ether oxygens (including phenoxy) is 2. The summed E-state index contributed by atoms with van der Waals surface area (Å²) in [6, 6.07) is 17.7. The number of amides is 4. The molecule has 4 aromatic rings. The van der Waals surface area contributed by atoms with Crippen molar-refractivity contribution in [1.29, 1.82) is 0 Å². The van der Waals surface area contributed by atoms with Crippen LogP contribution in [0.4, 0.5) is 11.4 Å². The number of carbonyl (C=O) groups excluding carboxylic acids is 6. The zero-order chi connectivity index (χ0) is 36.8. The monoisotopic (exact) mass is 762 g/mol. The smallest absolute Gasteiger partial charge is 0.343 e. The molecule has 0 aromatic heterocycles. The summed E-state index contributed by atoms with van der Waals surface area (Å²) in [5, 5.41) is 0.161. The van der Waals surface area contributed by atoms with Crippen molar-refractivity contribution >= 4 is 93.3 Å². The first-order valence-corrected chi connectivity index (χ1v) is 16.4. The van der Waals surface area contributed by atoms with Gasteiger partial charge in [-0.25, -0.2) is 19.4 Å². The van der Waals surface area contributed by atoms with Crippen LogP contribution in [0.3, 0.4) is 0 Å². The standard InChI is InChI=1S/C37H22Cl4N2O8/c1-37(2,21-15-25(38)33(26(39)16-21)50-35(48)19-3-7-23(8-4-19)42-29(44)11-12-30(42)45)22-17-27(40)34(28(41)18-22)51-36(49)20-5-9-24(10-6-20)43-31(46)13-14-32(43)47/h3-18H,1-2H3. The summed E-state index contributed by atoms with van der Waals surface area (Å²) in [5.41, 5.74) is 1.22. The van der Waals surface area contributed by atoms with Crippen molar-refractivity contribution in [1.82, 2.24) is 0 Å². The number of nitrogens with zero attached hydrogens (tertiary/aromatic N) is 2. The number of carbonyl (C=O) groups is 6. The van der Waals surface area contributed by atoms with Crippen molar-refractivity contribution in [2.75, 3.05) is 9.80 Å². The molecule has 10 nitrogen and oxygen atoms in total. The highest BCUT2D eigenvalue weighted by Crippen LogP contribution is 2.44. The van der Waals surface area contributed by atoms with E-state index in [-0.39, 0.29) is 42.7 Å². The number of benzene rings is 4. The first-order chi connectivity index (χ1) is 24.1. The Kier molecular flexibility index (Phi) is 9.63. The van der Waals surface area contributed by atoms with Crippen molar-refractivity contribution in [3.05, 3.63) is 139 Å². The second kappa shape index (κ2) is 13.8. The molecule has 0 aliphatic carbocycles. The molecule has 6 rings (SSSR count). The molecule has 0 saturated heterocycles. The van der Waals surface area contributed by atoms with E-state index in [1.165, 1.54) is 48.5 Å². The zero-order valence-corrected chi connectivity index (χ0v) is 29.4. The Morgan fingerprint density at radius 1 is 0.510 bits per heavy atom. The molecule has 0 radical (unpaired) electrons. The molecule has 0 spiro atoms. The van der Waals surface area contributed by atoms with Gasteiger partial charge in [0.05, 0.1) is 42.6 Å². The van der Waals surface area contributed by atoms with Crippen molar-refractivity contribution < 1.29 is 38.2 Å². The molecule has 51 heavy (non-hydrogen) atoms. The van der Waals surface area contributed by atoms with Gasteiger partial charge < -0.3 is 9.47 Å². The van der Waals surface area contributed by atoms with Gasteiger partial charge in [-0.2, -0.15) is 0 Å². The number of hydrogen-bond donors (Lipinski definition) is 0. The topological polar surface area (TPSA) is 127 Å². The van der Waals surface area contributed by atoms with Gasteiger partial charge in [-0.05, 0) is 83.9 Å². The predicted molar refractivity (Wildman–Crippen MR) is 191 cm³/mol. The van der Waals surface area contributed by atoms with E-state index in [2.05, 4.69) is 0 Å². The molecule has 4 amide bonds. The molecule has 0 fully saturated rings. The predicted octanol–water partition coefficient (Wildman–Crippen LogP) is 7.92. The maximum absolute atomic E-state index is 13.0. The Bertz CT molecular complexity index is 2010. The van der Waals surface area contributed by atoms with Crippen LogP contribution in [0.5, 0.6) is 11.5 Å². The Morgan fingerprint density at radius 2 is 0.784 bits per heavy atom. The summed E-state index contributed by atoms with van der Waals surface area (Å²) in [5.74, 6) is -3.67. The molecule has 2 aliphatic rings. The van der Waals surface area contributed by atoms with Crippen molar-refractivity contribution in [2.24, 2.45) is 0 Å². The summed E-state index contributed by atoms with van der Waals surface area (Å²) in [6.07, 6.45) is 4.62. The first-order valence-electron chi connectivity index (χ1n) is 14.9. The summed E-state index contributed by atoms with van der Waals surface area (Å²) in [6.45, 7) is 3.71. The fraction of sp³-hybridized carbons (Fsp3) is 0.0811. The first kappa shape index (κ1) is 35.6. The quantitative estimate of drug-likeness (QED) is 0.101. The third-order valence-electron chi connectivity index (χ3n) is 8.17. The van der Waals surface area contributed by atoms with Crippen LogP contribution in [-0.2, 0) is 24.6 Å². The molecule has 0 bridgehead atoms. The number of esters is 2. The van der Waals surface area contributed by atoms with Crippen LogP contribution in [-0.4, -0.2) is 35.6 Å². The molecule has 2 heterocycles. The van der Waals surface area contributed by atoms with Gasteiger partial charge in [-0.1, -0.05) is 60.3 Å². The van der Waals surface area contributed by atoms with Gasteiger partial charge in [0.1, 0.15) is 0 Å². The van der Waals surface area contributed by atoms with Gasteiger partial charge in [-0.15, -0.1) is 0 Å². The fourth-order valence-electron chi connectivity index (χ4n) is 5.31. The Balaban J connectivity index is 1.16. The van der Waals surface area contributed by atoms with E-state index in [0.29, 0.717) is 22.5 Å². The molecule has 0 atom stereocenters. The van der Waals surface area contributed by atoms with Gasteiger partial charge in [0.15, 0.2) is 11.5 Å². The van der Waals surface area contributed by atoms with Crippen LogP contribution < -0.4 is 19.3 Å². The second-order valence-electron chi connectivity index (χ2n) is 11.7. The van der Waals surface area contributed by atoms with E-state index in [1.54, 1.807) is 24.3 Å². The van der Waals surface area contributed by atoms with E-state index in [9.17, 15) is 28.8 Å². The number of hydrogen-bond acceptors (Lipinski definition) is 8. The molecular weight excluding hydrogens is 742 g/mol. The third kappa shape index (κ3) is 6.91. The van der Waals surface area contributed by atoms with Crippen LogP contribution >= 0.6 is 46.4 Å². The van der Waals surface area contributed by atoms with Gasteiger partial charge in [0.2, 0.25) is 0 Å². The van der Waals surface area contributed by atoms with Crippen LogP contribution in [0.25, 0.3) is 0 Å². The number of imide groups is 2. The van der Waals surface area contributed by atoms with Crippen molar-refractivity contribution in [3.63, 3.8) is 0 Å². The lowest BCUT2D eigenvalue weighted by Gasteiger charge is -2.28. The molecule has 2 aliphatic heterocycles. The molecule has 256 valence electrons. The van der Waals surface area contributed by atoms with E-state index < -0.39 is 41.0 Å². The average molecular weight is 764 g/mol. The van der Waals surface area contributed by atoms with E-state index in [4.69, 9.17) is 55.9 Å². The molecule has 0 N–H and O–H groups in total. The van der Waals surface area contributed by atoms with Crippen LogP contribution in [0.1, 0.15) is 45.7 Å². The molecule has 4 aromatic carbocycles. The Hall–Kier alpha value is -5.26. The van der Waals surface area contributed by atoms with Crippen molar-refractivity contribution in [3.8, 4) is 11.5 Å². The van der Waals surface area contributed by atoms with Crippen LogP contribution in [0.2, 0.25) is 20.1 Å². The molecule has 0 saturated carbocycles. The molecule has 0 unspecified atom stereocenters. The number of anilines is 2. The highest BCUT2D eigenvalue weighted by atomic mass is 35.5. The Morgan fingerprint density at radius 3 is 1.06 bits per heavy atom. The minimum absolute atomic E-state index is 0.0402. The lowest BCUT2D eigenvalue weighted by atomic mass is 9.78. The molecule has 14 heteroatoms. The Labute approximate surface area is 310 Å². The third-order valence-corrected chi connectivity index (χ3v) is 9.29. The summed E-state index contributed by atoms with van der Waals surface area (Å²) < 4.78 is 11.0. The zero-order valence-electron chi connectivity index (χ0n) is 26.4.